The van der Waals surface area contributed by atoms with Gasteiger partial charge in [-0.1, -0.05) is 55.3 Å². The molecular formula is C34H43ClN8. The minimum atomic E-state index is -0.153. The van der Waals surface area contributed by atoms with Crippen molar-refractivity contribution in [3.8, 4) is 6.07 Å². The van der Waals surface area contributed by atoms with Crippen LogP contribution < -0.4 is 21.6 Å². The first-order valence-corrected chi connectivity index (χ1v) is 15.9. The number of pyridine rings is 1. The Kier molecular flexibility index (Phi) is 8.16. The molecule has 9 heteroatoms. The van der Waals surface area contributed by atoms with Crippen LogP contribution in [0, 0.1) is 16.7 Å². The number of likely N-dealkylation sites (tertiary alicyclic amines) is 1. The highest BCUT2D eigenvalue weighted by Crippen LogP contribution is 2.42. The van der Waals surface area contributed by atoms with Gasteiger partial charge in [0.15, 0.2) is 0 Å². The molecule has 2 aliphatic heterocycles. The quantitative estimate of drug-likeness (QED) is 0.222. The average Bonchev–Trinajstić information content (AvgIpc) is 3.48. The van der Waals surface area contributed by atoms with E-state index in [2.05, 4.69) is 107 Å². The predicted molar refractivity (Wildman–Crippen MR) is 175 cm³/mol. The molecule has 1 atom stereocenters. The smallest absolute Gasteiger partial charge is 0.103 e. The lowest BCUT2D eigenvalue weighted by molar-refractivity contribution is 0.0570. The van der Waals surface area contributed by atoms with Crippen molar-refractivity contribution in [1.82, 2.24) is 25.9 Å². The molecule has 3 heterocycles. The number of nitrogens with zero attached hydrogens (tertiary/aromatic N) is 4. The Balaban J connectivity index is 1.29. The Morgan fingerprint density at radius 2 is 1.91 bits per heavy atom. The van der Waals surface area contributed by atoms with Crippen LogP contribution in [0.2, 0.25) is 5.02 Å². The summed E-state index contributed by atoms with van der Waals surface area (Å²) in [5.74, 6) is 0. The zero-order valence-corrected chi connectivity index (χ0v) is 26.4. The molecule has 3 aliphatic rings. The fraction of sp³-hybridized carbons (Fsp3) is 0.471. The number of piperidine rings is 1. The van der Waals surface area contributed by atoms with Crippen LogP contribution in [-0.4, -0.2) is 46.1 Å². The number of hydrazine groups is 2. The van der Waals surface area contributed by atoms with Crippen molar-refractivity contribution in [3.05, 3.63) is 76.7 Å². The first-order valence-electron chi connectivity index (χ1n) is 15.5. The molecule has 0 amide bonds. The zero-order chi connectivity index (χ0) is 30.2. The summed E-state index contributed by atoms with van der Waals surface area (Å²) in [4.78, 5) is 7.13. The minimum Gasteiger partial charge on any atom is -0.383 e. The van der Waals surface area contributed by atoms with Gasteiger partial charge in [0.2, 0.25) is 0 Å². The number of benzene rings is 2. The third-order valence-corrected chi connectivity index (χ3v) is 9.75. The van der Waals surface area contributed by atoms with Crippen molar-refractivity contribution in [3.63, 3.8) is 0 Å². The van der Waals surface area contributed by atoms with Gasteiger partial charge >= 0.3 is 0 Å². The lowest BCUT2D eigenvalue weighted by Gasteiger charge is -2.42. The summed E-state index contributed by atoms with van der Waals surface area (Å²) >= 11 is 6.85. The molecule has 0 unspecified atom stereocenters. The van der Waals surface area contributed by atoms with Gasteiger partial charge in [-0.15, -0.1) is 5.53 Å². The van der Waals surface area contributed by atoms with E-state index in [1.807, 2.05) is 12.1 Å². The molecule has 6 rings (SSSR count). The first-order chi connectivity index (χ1) is 20.6. The van der Waals surface area contributed by atoms with E-state index in [1.54, 1.807) is 6.20 Å². The summed E-state index contributed by atoms with van der Waals surface area (Å²) in [5, 5.41) is 20.9. The number of anilines is 2. The van der Waals surface area contributed by atoms with Crippen molar-refractivity contribution in [2.45, 2.75) is 77.4 Å². The second-order valence-electron chi connectivity index (χ2n) is 13.6. The van der Waals surface area contributed by atoms with E-state index in [0.717, 1.165) is 60.5 Å². The van der Waals surface area contributed by atoms with E-state index in [4.69, 9.17) is 11.6 Å². The van der Waals surface area contributed by atoms with E-state index in [-0.39, 0.29) is 17.0 Å². The molecule has 43 heavy (non-hydrogen) atoms. The van der Waals surface area contributed by atoms with Crippen LogP contribution in [0.1, 0.15) is 77.0 Å². The topological polar surface area (TPSA) is 91.3 Å². The number of nitrogens with one attached hydrogen (secondary N) is 4. The van der Waals surface area contributed by atoms with E-state index in [9.17, 15) is 5.26 Å². The van der Waals surface area contributed by atoms with Crippen molar-refractivity contribution in [2.24, 2.45) is 5.41 Å². The molecule has 0 radical (unpaired) electrons. The van der Waals surface area contributed by atoms with Crippen LogP contribution in [0.5, 0.6) is 0 Å². The standard InChI is InChI=1S/C34H43ClN8/c1-33(2,3)42-15-11-26(12-16-42)43-21-29(40-41-43)31(23-9-6-5-7-10-23)39-25-17-27-30(38-22-34(4)13-8-14-34)24(19-36)20-37-32(27)28(35)18-25/h5-7,9-10,17-18,20-21,26,31,39-41H,8,11-16,22H2,1-4H3,(H,37,38)/t31-/m0/s1. The molecule has 226 valence electrons. The van der Waals surface area contributed by atoms with Gasteiger partial charge < -0.3 is 16.1 Å². The van der Waals surface area contributed by atoms with Gasteiger partial charge in [0, 0.05) is 54.7 Å². The van der Waals surface area contributed by atoms with Crippen LogP contribution in [0.25, 0.3) is 10.9 Å². The summed E-state index contributed by atoms with van der Waals surface area (Å²) in [5.41, 5.74) is 12.4. The summed E-state index contributed by atoms with van der Waals surface area (Å²) < 4.78 is 0. The van der Waals surface area contributed by atoms with Crippen molar-refractivity contribution >= 4 is 33.9 Å². The van der Waals surface area contributed by atoms with Gasteiger partial charge in [0.1, 0.15) is 6.07 Å². The second-order valence-corrected chi connectivity index (χ2v) is 14.0. The number of hydrogen-bond acceptors (Lipinski definition) is 8. The van der Waals surface area contributed by atoms with Crippen LogP contribution in [0.3, 0.4) is 0 Å². The molecule has 3 aromatic rings. The maximum absolute atomic E-state index is 9.93. The van der Waals surface area contributed by atoms with Gasteiger partial charge in [-0.25, -0.2) is 0 Å². The van der Waals surface area contributed by atoms with Crippen LogP contribution in [0.15, 0.2) is 60.6 Å². The highest BCUT2D eigenvalue weighted by atomic mass is 35.5. The van der Waals surface area contributed by atoms with E-state index in [1.165, 1.54) is 19.3 Å². The fourth-order valence-corrected chi connectivity index (χ4v) is 6.80. The molecule has 0 bridgehead atoms. The minimum absolute atomic E-state index is 0.153. The Bertz CT molecular complexity index is 1530. The van der Waals surface area contributed by atoms with E-state index >= 15 is 0 Å². The van der Waals surface area contributed by atoms with Crippen molar-refractivity contribution < 1.29 is 0 Å². The lowest BCUT2D eigenvalue weighted by Crippen LogP contribution is -2.52. The largest absolute Gasteiger partial charge is 0.383 e. The molecule has 8 nitrogen and oxygen atoms in total. The summed E-state index contributed by atoms with van der Waals surface area (Å²) in [6, 6.07) is 17.0. The average molecular weight is 599 g/mol. The van der Waals surface area contributed by atoms with Gasteiger partial charge in [0.05, 0.1) is 33.5 Å². The molecule has 1 saturated heterocycles. The van der Waals surface area contributed by atoms with Crippen molar-refractivity contribution in [1.29, 1.82) is 5.26 Å². The first kappa shape index (κ1) is 29.6. The monoisotopic (exact) mass is 598 g/mol. The Morgan fingerprint density at radius 1 is 1.16 bits per heavy atom. The second kappa shape index (κ2) is 11.9. The van der Waals surface area contributed by atoms with Crippen molar-refractivity contribution in [2.75, 3.05) is 30.3 Å². The summed E-state index contributed by atoms with van der Waals surface area (Å²) in [6.45, 7) is 12.2. The number of rotatable bonds is 8. The van der Waals surface area contributed by atoms with Crippen LogP contribution in [-0.2, 0) is 0 Å². The molecule has 0 spiro atoms. The van der Waals surface area contributed by atoms with Crippen LogP contribution >= 0.6 is 11.6 Å². The van der Waals surface area contributed by atoms with Gasteiger partial charge in [-0.2, -0.15) is 5.26 Å². The third-order valence-electron chi connectivity index (χ3n) is 9.47. The molecule has 1 aliphatic carbocycles. The molecule has 2 aromatic carbocycles. The molecule has 1 aromatic heterocycles. The van der Waals surface area contributed by atoms with Gasteiger partial charge in [-0.3, -0.25) is 14.9 Å². The van der Waals surface area contributed by atoms with Gasteiger partial charge in [0.25, 0.3) is 0 Å². The summed E-state index contributed by atoms with van der Waals surface area (Å²) in [7, 11) is 0. The predicted octanol–water partition coefficient (Wildman–Crippen LogP) is 6.94. The molecule has 4 N–H and O–H groups in total. The molecule has 1 saturated carbocycles. The number of fused-ring (bicyclic) bond motifs is 1. The van der Waals surface area contributed by atoms with Gasteiger partial charge in [-0.05, 0) is 69.6 Å². The molecule has 2 fully saturated rings. The van der Waals surface area contributed by atoms with Crippen LogP contribution in [0.4, 0.5) is 11.4 Å². The van der Waals surface area contributed by atoms with E-state index < -0.39 is 0 Å². The normalized spacial score (nSPS) is 19.7. The Morgan fingerprint density at radius 3 is 2.56 bits per heavy atom. The number of aromatic nitrogens is 1. The Hall–Kier alpha value is -3.51. The van der Waals surface area contributed by atoms with E-state index in [0.29, 0.717) is 22.1 Å². The maximum Gasteiger partial charge on any atom is 0.103 e. The Labute approximate surface area is 260 Å². The third kappa shape index (κ3) is 6.26. The number of nitriles is 1. The maximum atomic E-state index is 9.93. The molecular weight excluding hydrogens is 556 g/mol. The summed E-state index contributed by atoms with van der Waals surface area (Å²) in [6.07, 6.45) is 9.67. The lowest BCUT2D eigenvalue weighted by atomic mass is 9.70. The SMILES string of the molecule is CC1(CNc2c(C#N)cnc3c(Cl)cc(N[C@H](C4=CN(C5CCN(C(C)(C)C)CC5)NN4)c4ccccc4)cc23)CCC1. The number of halogens is 1. The fourth-order valence-electron chi connectivity index (χ4n) is 6.53. The zero-order valence-electron chi connectivity index (χ0n) is 25.7. The number of hydrogen-bond donors (Lipinski definition) is 4. The highest BCUT2D eigenvalue weighted by Gasteiger charge is 2.33. The highest BCUT2D eigenvalue weighted by molar-refractivity contribution is 6.35.